The van der Waals surface area contributed by atoms with Gasteiger partial charge >= 0.3 is 0 Å². The average molecular weight is 372 g/mol. The molecule has 0 heterocycles. The van der Waals surface area contributed by atoms with Crippen LogP contribution in [0.1, 0.15) is 25.3 Å². The normalized spacial score (nSPS) is 11.7. The Hall–Kier alpha value is -1.63. The Morgan fingerprint density at radius 2 is 1.92 bits per heavy atom. The number of benzene rings is 2. The third-order valence-electron chi connectivity index (χ3n) is 3.38. The number of halogens is 2. The van der Waals surface area contributed by atoms with E-state index in [4.69, 9.17) is 16.3 Å². The van der Waals surface area contributed by atoms with Gasteiger partial charge in [0.1, 0.15) is 23.1 Å². The molecule has 24 heavy (non-hydrogen) atoms. The van der Waals surface area contributed by atoms with Gasteiger partial charge in [-0.2, -0.15) is 0 Å². The molecule has 2 aromatic rings. The molecule has 0 saturated carbocycles. The molecule has 0 bridgehead atoms. The van der Waals surface area contributed by atoms with Gasteiger partial charge in [0.05, 0.1) is 5.02 Å². The monoisotopic (exact) mass is 371 g/mol. The molecule has 0 amide bonds. The fraction of sp³-hybridized carbons (Fsp3) is 0.294. The van der Waals surface area contributed by atoms with Crippen LogP contribution in [-0.4, -0.2) is 21.6 Å². The second-order valence-corrected chi connectivity index (χ2v) is 7.66. The first-order valence-electron chi connectivity index (χ1n) is 7.47. The van der Waals surface area contributed by atoms with Gasteiger partial charge in [0.2, 0.25) is 10.0 Å². The molecule has 2 aromatic carbocycles. The minimum absolute atomic E-state index is 0.0719. The highest BCUT2D eigenvalue weighted by atomic mass is 35.5. The maximum Gasteiger partial charge on any atom is 0.242 e. The summed E-state index contributed by atoms with van der Waals surface area (Å²) in [4.78, 5) is -0.159. The van der Waals surface area contributed by atoms with E-state index in [1.165, 1.54) is 0 Å². The van der Waals surface area contributed by atoms with Crippen molar-refractivity contribution >= 4 is 21.6 Å². The van der Waals surface area contributed by atoms with E-state index in [0.29, 0.717) is 5.92 Å². The van der Waals surface area contributed by atoms with Crippen molar-refractivity contribution in [2.24, 2.45) is 0 Å². The molecule has 0 aliphatic rings. The minimum atomic E-state index is -3.82. The summed E-state index contributed by atoms with van der Waals surface area (Å²) in [6, 6.07) is 10.8. The largest absolute Gasteiger partial charge is 0.492 e. The van der Waals surface area contributed by atoms with E-state index in [9.17, 15) is 12.8 Å². The number of hydrogen-bond acceptors (Lipinski definition) is 3. The summed E-state index contributed by atoms with van der Waals surface area (Å²) >= 11 is 5.79. The molecule has 0 aliphatic carbocycles. The van der Waals surface area contributed by atoms with Gasteiger partial charge < -0.3 is 4.74 Å². The Labute approximate surface area is 146 Å². The van der Waals surface area contributed by atoms with E-state index in [1.54, 1.807) is 0 Å². The van der Waals surface area contributed by atoms with E-state index < -0.39 is 15.8 Å². The summed E-state index contributed by atoms with van der Waals surface area (Å²) < 4.78 is 45.4. The van der Waals surface area contributed by atoms with E-state index in [1.807, 2.05) is 24.3 Å². The van der Waals surface area contributed by atoms with Crippen LogP contribution in [0.2, 0.25) is 5.02 Å². The molecule has 0 unspecified atom stereocenters. The molecule has 0 aliphatic heterocycles. The highest BCUT2D eigenvalue weighted by molar-refractivity contribution is 7.89. The van der Waals surface area contributed by atoms with Crippen LogP contribution in [0.15, 0.2) is 47.4 Å². The molecule has 0 fully saturated rings. The predicted octanol–water partition coefficient (Wildman–Crippen LogP) is 3.96. The van der Waals surface area contributed by atoms with Crippen LogP contribution in [0.3, 0.4) is 0 Å². The molecule has 0 aromatic heterocycles. The molecule has 7 heteroatoms. The van der Waals surface area contributed by atoms with Gasteiger partial charge in [0.25, 0.3) is 0 Å². The van der Waals surface area contributed by atoms with Gasteiger partial charge in [0.15, 0.2) is 0 Å². The minimum Gasteiger partial charge on any atom is -0.492 e. The lowest BCUT2D eigenvalue weighted by Gasteiger charge is -2.14. The first-order chi connectivity index (χ1) is 11.3. The maximum absolute atomic E-state index is 13.0. The van der Waals surface area contributed by atoms with Crippen LogP contribution in [-0.2, 0) is 10.0 Å². The molecule has 0 spiro atoms. The molecule has 130 valence electrons. The predicted molar refractivity (Wildman–Crippen MR) is 92.6 cm³/mol. The second-order valence-electron chi connectivity index (χ2n) is 5.51. The smallest absolute Gasteiger partial charge is 0.242 e. The Kier molecular flexibility index (Phi) is 6.21. The molecule has 2 rings (SSSR count). The van der Waals surface area contributed by atoms with E-state index in [-0.39, 0.29) is 23.1 Å². The first-order valence-corrected chi connectivity index (χ1v) is 9.34. The quantitative estimate of drug-likeness (QED) is 0.749. The standard InChI is InChI=1S/C17H19ClFNO3S/c1-12(2)14-5-3-4-6-16(14)23-10-9-20-24(21,22)17-8-7-13(19)11-15(17)18/h3-8,11-12,20H,9-10H2,1-2H3. The summed E-state index contributed by atoms with van der Waals surface area (Å²) in [7, 11) is -3.82. The fourth-order valence-electron chi connectivity index (χ4n) is 2.20. The van der Waals surface area contributed by atoms with Crippen LogP contribution < -0.4 is 9.46 Å². The number of nitrogens with one attached hydrogen (secondary N) is 1. The van der Waals surface area contributed by atoms with Gasteiger partial charge in [0, 0.05) is 6.54 Å². The third-order valence-corrected chi connectivity index (χ3v) is 5.32. The van der Waals surface area contributed by atoms with Crippen LogP contribution in [0, 0.1) is 5.82 Å². The van der Waals surface area contributed by atoms with Crippen molar-refractivity contribution < 1.29 is 17.5 Å². The Morgan fingerprint density at radius 1 is 1.21 bits per heavy atom. The van der Waals surface area contributed by atoms with Gasteiger partial charge in [-0.15, -0.1) is 0 Å². The van der Waals surface area contributed by atoms with E-state index >= 15 is 0 Å². The highest BCUT2D eigenvalue weighted by Gasteiger charge is 2.18. The zero-order valence-corrected chi connectivity index (χ0v) is 15.0. The number of sulfonamides is 1. The Morgan fingerprint density at radius 3 is 2.58 bits per heavy atom. The Bertz CT molecular complexity index is 809. The zero-order valence-electron chi connectivity index (χ0n) is 13.4. The number of hydrogen-bond donors (Lipinski definition) is 1. The molecule has 0 atom stereocenters. The van der Waals surface area contributed by atoms with Gasteiger partial charge in [-0.25, -0.2) is 17.5 Å². The van der Waals surface area contributed by atoms with Crippen molar-refractivity contribution in [3.05, 3.63) is 58.9 Å². The SMILES string of the molecule is CC(C)c1ccccc1OCCNS(=O)(=O)c1ccc(F)cc1Cl. The molecular weight excluding hydrogens is 353 g/mol. The average Bonchev–Trinajstić information content (AvgIpc) is 2.51. The molecule has 0 saturated heterocycles. The van der Waals surface area contributed by atoms with Crippen molar-refractivity contribution in [2.75, 3.05) is 13.2 Å². The van der Waals surface area contributed by atoms with Crippen LogP contribution >= 0.6 is 11.6 Å². The van der Waals surface area contributed by atoms with E-state index in [2.05, 4.69) is 18.6 Å². The summed E-state index contributed by atoms with van der Waals surface area (Å²) in [6.07, 6.45) is 0. The van der Waals surface area contributed by atoms with Crippen molar-refractivity contribution in [1.29, 1.82) is 0 Å². The van der Waals surface area contributed by atoms with Crippen LogP contribution in [0.25, 0.3) is 0 Å². The summed E-state index contributed by atoms with van der Waals surface area (Å²) in [6.45, 7) is 4.35. The van der Waals surface area contributed by atoms with Crippen molar-refractivity contribution in [3.63, 3.8) is 0 Å². The third kappa shape index (κ3) is 4.69. The van der Waals surface area contributed by atoms with Crippen LogP contribution in [0.4, 0.5) is 4.39 Å². The molecular formula is C17H19ClFNO3S. The van der Waals surface area contributed by atoms with Crippen molar-refractivity contribution in [3.8, 4) is 5.75 Å². The summed E-state index contributed by atoms with van der Waals surface area (Å²) in [5.41, 5.74) is 1.06. The zero-order chi connectivity index (χ0) is 17.7. The number of para-hydroxylation sites is 1. The topological polar surface area (TPSA) is 55.4 Å². The van der Waals surface area contributed by atoms with E-state index in [0.717, 1.165) is 29.5 Å². The number of rotatable bonds is 7. The summed E-state index contributed by atoms with van der Waals surface area (Å²) in [5.74, 6) is 0.440. The maximum atomic E-state index is 13.0. The highest BCUT2D eigenvalue weighted by Crippen LogP contribution is 2.26. The van der Waals surface area contributed by atoms with Gasteiger partial charge in [-0.1, -0.05) is 43.6 Å². The lowest BCUT2D eigenvalue weighted by Crippen LogP contribution is -2.28. The fourth-order valence-corrected chi connectivity index (χ4v) is 3.74. The molecule has 1 N–H and O–H groups in total. The lowest BCUT2D eigenvalue weighted by atomic mass is 10.0. The Balaban J connectivity index is 1.97. The van der Waals surface area contributed by atoms with Crippen LogP contribution in [0.5, 0.6) is 5.75 Å². The van der Waals surface area contributed by atoms with Crippen molar-refractivity contribution in [2.45, 2.75) is 24.7 Å². The molecule has 4 nitrogen and oxygen atoms in total. The second kappa shape index (κ2) is 7.96. The first kappa shape index (κ1) is 18.7. The van der Waals surface area contributed by atoms with Gasteiger partial charge in [-0.05, 0) is 35.7 Å². The number of ether oxygens (including phenoxy) is 1. The molecule has 0 radical (unpaired) electrons. The summed E-state index contributed by atoms with van der Waals surface area (Å²) in [5, 5.41) is -0.159. The van der Waals surface area contributed by atoms with Crippen molar-refractivity contribution in [1.82, 2.24) is 4.72 Å². The lowest BCUT2D eigenvalue weighted by molar-refractivity contribution is 0.318. The van der Waals surface area contributed by atoms with Gasteiger partial charge in [-0.3, -0.25) is 0 Å².